The number of hydrogen-bond acceptors (Lipinski definition) is 10. The molecule has 4 rings (SSSR count). The summed E-state index contributed by atoms with van der Waals surface area (Å²) in [5.41, 5.74) is 8.06. The fraction of sp³-hybridized carbons (Fsp3) is 0.263. The molecule has 1 fully saturated rings. The first-order valence-electron chi connectivity index (χ1n) is 9.37. The number of nitrogen functional groups attached to an aromatic ring is 1. The number of terminal acetylenes is 1. The van der Waals surface area contributed by atoms with Crippen LogP contribution in [0.3, 0.4) is 0 Å². The van der Waals surface area contributed by atoms with E-state index in [0.29, 0.717) is 17.9 Å². The molecule has 4 N–H and O–H groups in total. The third-order valence-corrected chi connectivity index (χ3v) is 7.41. The molecule has 0 spiro atoms. The van der Waals surface area contributed by atoms with Gasteiger partial charge in [-0.3, -0.25) is 14.5 Å². The summed E-state index contributed by atoms with van der Waals surface area (Å²) in [6.07, 6.45) is 6.98. The van der Waals surface area contributed by atoms with Gasteiger partial charge in [-0.25, -0.2) is 9.78 Å². The highest BCUT2D eigenvalue weighted by atomic mass is 32.2. The Morgan fingerprint density at radius 1 is 1.52 bits per heavy atom. The number of nitrogens with two attached hydrogens (primary N) is 1. The number of hydrogen-bond donors (Lipinski definition) is 3. The topological polar surface area (TPSA) is 151 Å². The van der Waals surface area contributed by atoms with Crippen LogP contribution in [-0.4, -0.2) is 62.3 Å². The van der Waals surface area contributed by atoms with Gasteiger partial charge in [0.1, 0.15) is 22.8 Å². The summed E-state index contributed by atoms with van der Waals surface area (Å²) in [5, 5.41) is 19.2. The maximum Gasteiger partial charge on any atom is 0.352 e. The number of carbonyl (C=O) groups is 3. The van der Waals surface area contributed by atoms with Gasteiger partial charge in [0.2, 0.25) is 5.51 Å². The molecule has 2 aliphatic rings. The van der Waals surface area contributed by atoms with Crippen LogP contribution < -0.4 is 15.6 Å². The number of carbonyl (C=O) groups excluding carboxylic acids is 2. The van der Waals surface area contributed by atoms with Gasteiger partial charge in [0.15, 0.2) is 30.2 Å². The second-order valence-electron chi connectivity index (χ2n) is 6.81. The molecule has 170 valence electrons. The predicted molar refractivity (Wildman–Crippen MR) is 122 cm³/mol. The summed E-state index contributed by atoms with van der Waals surface area (Å²) in [7, 11) is 0. The van der Waals surface area contributed by atoms with Crippen LogP contribution in [0, 0.1) is 12.3 Å². The maximum absolute atomic E-state index is 12.9. The summed E-state index contributed by atoms with van der Waals surface area (Å²) in [6.45, 7) is 0.197. The lowest BCUT2D eigenvalue weighted by atomic mass is 10.0. The number of carboxylic acids is 1. The Labute approximate surface area is 199 Å². The van der Waals surface area contributed by atoms with Crippen molar-refractivity contribution in [1.29, 1.82) is 0 Å². The van der Waals surface area contributed by atoms with Crippen LogP contribution in [0.15, 0.2) is 38.9 Å². The van der Waals surface area contributed by atoms with Crippen LogP contribution in [0.25, 0.3) is 0 Å². The summed E-state index contributed by atoms with van der Waals surface area (Å²) >= 11 is 3.97. The molecule has 2 aliphatic heterocycles. The van der Waals surface area contributed by atoms with E-state index in [4.69, 9.17) is 17.0 Å². The zero-order valence-corrected chi connectivity index (χ0v) is 19.3. The molecule has 1 saturated heterocycles. The number of carboxylic acid groups (broad SMARTS) is 1. The number of β-lactam (4-membered cyclic amide) rings is 1. The molecule has 14 heteroatoms. The second-order valence-corrected chi connectivity index (χ2v) is 9.56. The van der Waals surface area contributed by atoms with Crippen molar-refractivity contribution < 1.29 is 28.9 Å². The lowest BCUT2D eigenvalue weighted by Crippen LogP contribution is -2.71. The van der Waals surface area contributed by atoms with E-state index in [1.54, 1.807) is 0 Å². The van der Waals surface area contributed by atoms with Crippen LogP contribution in [0.2, 0.25) is 0 Å². The lowest BCUT2D eigenvalue weighted by Gasteiger charge is -2.49. The highest BCUT2D eigenvalue weighted by molar-refractivity contribution is 8.00. The summed E-state index contributed by atoms with van der Waals surface area (Å²) in [5.74, 6) is 0.214. The number of nitrogens with one attached hydrogen (secondary N) is 1. The van der Waals surface area contributed by atoms with E-state index >= 15 is 0 Å². The fourth-order valence-electron chi connectivity index (χ4n) is 3.32. The summed E-state index contributed by atoms with van der Waals surface area (Å²) in [6, 6.07) is -0.930. The largest absolute Gasteiger partial charge is 0.477 e. The maximum atomic E-state index is 12.9. The van der Waals surface area contributed by atoms with Crippen LogP contribution in [0.5, 0.6) is 0 Å². The predicted octanol–water partition coefficient (Wildman–Crippen LogP) is -0.133. The Hall–Kier alpha value is -3.41. The second kappa shape index (κ2) is 9.61. The van der Waals surface area contributed by atoms with Crippen molar-refractivity contribution in [2.24, 2.45) is 5.16 Å². The number of rotatable bonds is 8. The molecule has 2 aromatic rings. The zero-order chi connectivity index (χ0) is 23.5. The van der Waals surface area contributed by atoms with Crippen LogP contribution >= 0.6 is 34.4 Å². The molecule has 0 aromatic carbocycles. The molecule has 2 amide bonds. The number of oxime groups is 1. The molecule has 0 bridgehead atoms. The number of thiazole rings is 2. The zero-order valence-electron chi connectivity index (χ0n) is 16.8. The molecular formula is C19H17N6O5S3+. The van der Waals surface area contributed by atoms with Gasteiger partial charge in [-0.05, 0) is 0 Å². The molecule has 0 saturated carbocycles. The van der Waals surface area contributed by atoms with E-state index in [1.807, 2.05) is 21.7 Å². The van der Waals surface area contributed by atoms with Crippen LogP contribution in [-0.2, 0) is 25.8 Å². The molecule has 4 heterocycles. The Bertz CT molecular complexity index is 1200. The SMILES string of the molecule is C#CCO/N=C(\C(=O)N[C@@H]1C(=O)N2C(C(=O)O)=C(C[n+]3ccsc3)CS[C@H]12)c1csc(N)n1. The minimum absolute atomic E-state index is 0.0496. The van der Waals surface area contributed by atoms with E-state index in [2.05, 4.69) is 21.4 Å². The van der Waals surface area contributed by atoms with Gasteiger partial charge in [0.05, 0.1) is 5.38 Å². The van der Waals surface area contributed by atoms with Gasteiger partial charge in [-0.1, -0.05) is 22.4 Å². The van der Waals surface area contributed by atoms with Crippen molar-refractivity contribution >= 4 is 63.1 Å². The number of aromatic nitrogens is 2. The Kier molecular flexibility index (Phi) is 6.63. The number of aliphatic carboxylic acids is 1. The smallest absolute Gasteiger partial charge is 0.352 e. The van der Waals surface area contributed by atoms with E-state index in [1.165, 1.54) is 33.4 Å². The average molecular weight is 506 g/mol. The van der Waals surface area contributed by atoms with Crippen LogP contribution in [0.4, 0.5) is 5.13 Å². The van der Waals surface area contributed by atoms with E-state index < -0.39 is 29.2 Å². The van der Waals surface area contributed by atoms with Crippen LogP contribution in [0.1, 0.15) is 5.69 Å². The van der Waals surface area contributed by atoms with Crippen molar-refractivity contribution in [2.75, 3.05) is 18.1 Å². The molecular weight excluding hydrogens is 488 g/mol. The molecule has 11 nitrogen and oxygen atoms in total. The number of nitrogens with zero attached hydrogens (tertiary/aromatic N) is 4. The highest BCUT2D eigenvalue weighted by Crippen LogP contribution is 2.40. The molecule has 0 radical (unpaired) electrons. The Morgan fingerprint density at radius 3 is 2.97 bits per heavy atom. The van der Waals surface area contributed by atoms with Gasteiger partial charge in [-0.2, -0.15) is 4.57 Å². The molecule has 0 unspecified atom stereocenters. The number of anilines is 1. The lowest BCUT2D eigenvalue weighted by molar-refractivity contribution is -0.684. The molecule has 2 atom stereocenters. The number of amides is 2. The average Bonchev–Trinajstić information content (AvgIpc) is 3.46. The first-order chi connectivity index (χ1) is 15.9. The van der Waals surface area contributed by atoms with E-state index in [0.717, 1.165) is 11.3 Å². The number of thioether (sulfide) groups is 1. The van der Waals surface area contributed by atoms with Gasteiger partial charge < -0.3 is 21.0 Å². The fourth-order valence-corrected chi connectivity index (χ4v) is 5.80. The summed E-state index contributed by atoms with van der Waals surface area (Å²) < 4.78 is 1.85. The standard InChI is InChI=1S/C19H16N6O5S3/c1-2-4-30-23-12(11-8-33-19(20)21-11)15(26)22-13-16(27)25-14(18(28)29)10(7-32-17(13)25)6-24-3-5-31-9-24/h1,3,5,8-9,13,17H,4,6-7H2,(H3-,20,21,22,26,28,29)/p+1/b23-12-/t13-,17-/m1/s1. The van der Waals surface area contributed by atoms with Gasteiger partial charge >= 0.3 is 5.97 Å². The Balaban J connectivity index is 1.53. The van der Waals surface area contributed by atoms with Gasteiger partial charge in [0.25, 0.3) is 11.8 Å². The minimum Gasteiger partial charge on any atom is -0.477 e. The molecule has 2 aromatic heterocycles. The normalized spacial score (nSPS) is 20.0. The first kappa shape index (κ1) is 22.8. The summed E-state index contributed by atoms with van der Waals surface area (Å²) in [4.78, 5) is 47.9. The highest BCUT2D eigenvalue weighted by Gasteiger charge is 2.54. The quantitative estimate of drug-likeness (QED) is 0.112. The monoisotopic (exact) mass is 505 g/mol. The first-order valence-corrected chi connectivity index (χ1v) is 12.2. The Morgan fingerprint density at radius 2 is 2.33 bits per heavy atom. The van der Waals surface area contributed by atoms with E-state index in [-0.39, 0.29) is 28.8 Å². The third-order valence-electron chi connectivity index (χ3n) is 4.72. The van der Waals surface area contributed by atoms with Crippen molar-refractivity contribution in [3.8, 4) is 12.3 Å². The number of fused-ring (bicyclic) bond motifs is 1. The van der Waals surface area contributed by atoms with Crippen molar-refractivity contribution in [1.82, 2.24) is 15.2 Å². The van der Waals surface area contributed by atoms with Crippen molar-refractivity contribution in [2.45, 2.75) is 18.0 Å². The van der Waals surface area contributed by atoms with Crippen molar-refractivity contribution in [3.05, 3.63) is 39.4 Å². The van der Waals surface area contributed by atoms with Gasteiger partial charge in [-0.15, -0.1) is 29.5 Å². The third kappa shape index (κ3) is 4.56. The molecule has 33 heavy (non-hydrogen) atoms. The minimum atomic E-state index is -1.19. The van der Waals surface area contributed by atoms with E-state index in [9.17, 15) is 19.5 Å². The van der Waals surface area contributed by atoms with Crippen molar-refractivity contribution in [3.63, 3.8) is 0 Å². The molecule has 0 aliphatic carbocycles. The van der Waals surface area contributed by atoms with Gasteiger partial charge in [0, 0.05) is 16.7 Å².